The van der Waals surface area contributed by atoms with Crippen molar-refractivity contribution in [2.75, 3.05) is 5.43 Å². The molecule has 0 bridgehead atoms. The number of rotatable bonds is 6. The zero-order valence-electron chi connectivity index (χ0n) is 15.7. The molecule has 7 heteroatoms. The van der Waals surface area contributed by atoms with Crippen molar-refractivity contribution in [3.05, 3.63) is 42.5 Å². The van der Waals surface area contributed by atoms with Crippen molar-refractivity contribution >= 4 is 32.4 Å². The number of hydrogen-bond acceptors (Lipinski definition) is 4. The summed E-state index contributed by atoms with van der Waals surface area (Å²) in [5.74, 6) is -0.152. The third-order valence-electron chi connectivity index (χ3n) is 5.16. The van der Waals surface area contributed by atoms with Crippen LogP contribution in [-0.4, -0.2) is 25.6 Å². The maximum absolute atomic E-state index is 12.5. The summed E-state index contributed by atoms with van der Waals surface area (Å²) >= 11 is 0. The highest BCUT2D eigenvalue weighted by Gasteiger charge is 2.29. The van der Waals surface area contributed by atoms with E-state index < -0.39 is 15.3 Å². The molecule has 2 aromatic rings. The normalized spacial score (nSPS) is 20.6. The SMILES string of the molecule is CC(C)S(=O)(=O)N[C@H]1CC[C@H](C(=O)NNc2cccc3ccccc23)CC1. The topological polar surface area (TPSA) is 87.3 Å². The molecule has 1 amide bonds. The number of hydrogen-bond donors (Lipinski definition) is 3. The molecule has 6 nitrogen and oxygen atoms in total. The van der Waals surface area contributed by atoms with Crippen molar-refractivity contribution in [1.82, 2.24) is 10.1 Å². The molecule has 1 fully saturated rings. The third kappa shape index (κ3) is 4.78. The van der Waals surface area contributed by atoms with Crippen LogP contribution < -0.4 is 15.6 Å². The van der Waals surface area contributed by atoms with Crippen LogP contribution in [0.1, 0.15) is 39.5 Å². The van der Waals surface area contributed by atoms with Gasteiger partial charge in [-0.25, -0.2) is 13.1 Å². The smallest absolute Gasteiger partial charge is 0.241 e. The van der Waals surface area contributed by atoms with Gasteiger partial charge in [-0.2, -0.15) is 0 Å². The maximum atomic E-state index is 12.5. The lowest BCUT2D eigenvalue weighted by atomic mass is 9.86. The van der Waals surface area contributed by atoms with Crippen LogP contribution in [0.3, 0.4) is 0 Å². The second-order valence-electron chi connectivity index (χ2n) is 7.40. The first kappa shape index (κ1) is 19.6. The van der Waals surface area contributed by atoms with Crippen LogP contribution in [0.25, 0.3) is 10.8 Å². The minimum atomic E-state index is -3.27. The van der Waals surface area contributed by atoms with Gasteiger partial charge >= 0.3 is 0 Å². The fourth-order valence-electron chi connectivity index (χ4n) is 3.41. The lowest BCUT2D eigenvalue weighted by Crippen LogP contribution is -2.43. The average molecular weight is 390 g/mol. The van der Waals surface area contributed by atoms with Crippen molar-refractivity contribution in [3.8, 4) is 0 Å². The Bertz CT molecular complexity index is 898. The molecule has 3 N–H and O–H groups in total. The van der Waals surface area contributed by atoms with Crippen molar-refractivity contribution in [2.24, 2.45) is 5.92 Å². The molecule has 1 saturated carbocycles. The van der Waals surface area contributed by atoms with E-state index in [9.17, 15) is 13.2 Å². The van der Waals surface area contributed by atoms with E-state index in [0.29, 0.717) is 25.7 Å². The molecule has 0 heterocycles. The van der Waals surface area contributed by atoms with Crippen LogP contribution >= 0.6 is 0 Å². The predicted molar refractivity (Wildman–Crippen MR) is 109 cm³/mol. The first-order chi connectivity index (χ1) is 12.9. The summed E-state index contributed by atoms with van der Waals surface area (Å²) in [5, 5.41) is 1.71. The molecular weight excluding hydrogens is 362 g/mol. The Morgan fingerprint density at radius 3 is 2.37 bits per heavy atom. The predicted octanol–water partition coefficient (Wildman–Crippen LogP) is 3.17. The van der Waals surface area contributed by atoms with Gasteiger partial charge in [0.25, 0.3) is 0 Å². The average Bonchev–Trinajstić information content (AvgIpc) is 2.66. The summed E-state index contributed by atoms with van der Waals surface area (Å²) in [6, 6.07) is 13.8. The van der Waals surface area contributed by atoms with Crippen LogP contribution in [0.2, 0.25) is 0 Å². The fraction of sp³-hybridized carbons (Fsp3) is 0.450. The van der Waals surface area contributed by atoms with Crippen LogP contribution in [0.4, 0.5) is 5.69 Å². The van der Waals surface area contributed by atoms with E-state index in [2.05, 4.69) is 15.6 Å². The molecule has 0 aromatic heterocycles. The number of carbonyl (C=O) groups is 1. The van der Waals surface area contributed by atoms with Crippen LogP contribution in [-0.2, 0) is 14.8 Å². The molecule has 1 aliphatic carbocycles. The first-order valence-electron chi connectivity index (χ1n) is 9.41. The van der Waals surface area contributed by atoms with Crippen molar-refractivity contribution < 1.29 is 13.2 Å². The molecule has 0 aliphatic heterocycles. The van der Waals surface area contributed by atoms with E-state index >= 15 is 0 Å². The Morgan fingerprint density at radius 2 is 1.67 bits per heavy atom. The van der Waals surface area contributed by atoms with E-state index in [4.69, 9.17) is 0 Å². The fourth-order valence-corrected chi connectivity index (χ4v) is 4.38. The highest BCUT2D eigenvalue weighted by molar-refractivity contribution is 7.90. The molecule has 1 aliphatic rings. The number of hydrazine groups is 1. The van der Waals surface area contributed by atoms with Gasteiger partial charge in [0.2, 0.25) is 15.9 Å². The van der Waals surface area contributed by atoms with E-state index in [-0.39, 0.29) is 17.9 Å². The standard InChI is InChI=1S/C20H27N3O3S/c1-14(2)27(25,26)23-17-12-10-16(11-13-17)20(24)22-21-19-9-5-7-15-6-3-4-8-18(15)19/h3-9,14,16-17,21,23H,10-13H2,1-2H3,(H,22,24)/t16-,17-. The van der Waals surface area contributed by atoms with Crippen molar-refractivity contribution in [2.45, 2.75) is 50.8 Å². The van der Waals surface area contributed by atoms with Crippen LogP contribution in [0, 0.1) is 5.92 Å². The van der Waals surface area contributed by atoms with Gasteiger partial charge in [-0.1, -0.05) is 36.4 Å². The Hall–Kier alpha value is -2.12. The molecule has 146 valence electrons. The third-order valence-corrected chi connectivity index (χ3v) is 7.06. The Kier molecular flexibility index (Phi) is 6.01. The van der Waals surface area contributed by atoms with Gasteiger partial charge in [0.05, 0.1) is 10.9 Å². The summed E-state index contributed by atoms with van der Waals surface area (Å²) in [5.41, 5.74) is 6.71. The van der Waals surface area contributed by atoms with Crippen molar-refractivity contribution in [3.63, 3.8) is 0 Å². The number of fused-ring (bicyclic) bond motifs is 1. The van der Waals surface area contributed by atoms with Gasteiger partial charge in [-0.15, -0.1) is 0 Å². The summed E-state index contributed by atoms with van der Waals surface area (Å²) in [6.07, 6.45) is 2.71. The van der Waals surface area contributed by atoms with Gasteiger partial charge < -0.3 is 0 Å². The molecule has 0 radical (unpaired) electrons. The van der Waals surface area contributed by atoms with Gasteiger partial charge in [0.15, 0.2) is 0 Å². The van der Waals surface area contributed by atoms with Crippen LogP contribution in [0.5, 0.6) is 0 Å². The molecule has 0 saturated heterocycles. The summed E-state index contributed by atoms with van der Waals surface area (Å²) in [6.45, 7) is 3.33. The Morgan fingerprint density at radius 1 is 1.00 bits per heavy atom. The number of benzene rings is 2. The van der Waals surface area contributed by atoms with Crippen molar-refractivity contribution in [1.29, 1.82) is 0 Å². The number of nitrogens with one attached hydrogen (secondary N) is 3. The second-order valence-corrected chi connectivity index (χ2v) is 9.67. The monoisotopic (exact) mass is 389 g/mol. The quantitative estimate of drug-likeness (QED) is 0.662. The Labute approximate surface area is 160 Å². The Balaban J connectivity index is 1.53. The number of anilines is 1. The highest BCUT2D eigenvalue weighted by Crippen LogP contribution is 2.26. The molecular formula is C20H27N3O3S. The molecule has 2 aromatic carbocycles. The molecule has 0 spiro atoms. The lowest BCUT2D eigenvalue weighted by Gasteiger charge is -2.29. The molecule has 27 heavy (non-hydrogen) atoms. The van der Waals surface area contributed by atoms with E-state index in [1.165, 1.54) is 0 Å². The van der Waals surface area contributed by atoms with E-state index in [0.717, 1.165) is 16.5 Å². The number of carbonyl (C=O) groups excluding carboxylic acids is 1. The minimum absolute atomic E-state index is 0.0481. The number of amides is 1. The zero-order valence-corrected chi connectivity index (χ0v) is 16.6. The largest absolute Gasteiger partial charge is 0.298 e. The zero-order chi connectivity index (χ0) is 19.4. The molecule has 0 unspecified atom stereocenters. The highest BCUT2D eigenvalue weighted by atomic mass is 32.2. The summed E-state index contributed by atoms with van der Waals surface area (Å²) in [7, 11) is -3.27. The first-order valence-corrected chi connectivity index (χ1v) is 11.0. The lowest BCUT2D eigenvalue weighted by molar-refractivity contribution is -0.125. The van der Waals surface area contributed by atoms with Crippen LogP contribution in [0.15, 0.2) is 42.5 Å². The van der Waals surface area contributed by atoms with Gasteiger partial charge in [0.1, 0.15) is 0 Å². The van der Waals surface area contributed by atoms with Gasteiger partial charge in [0, 0.05) is 17.3 Å². The van der Waals surface area contributed by atoms with E-state index in [1.54, 1.807) is 13.8 Å². The van der Waals surface area contributed by atoms with Gasteiger partial charge in [-0.3, -0.25) is 15.6 Å². The molecule has 3 rings (SSSR count). The minimum Gasteiger partial charge on any atom is -0.298 e. The van der Waals surface area contributed by atoms with E-state index in [1.807, 2.05) is 42.5 Å². The van der Waals surface area contributed by atoms with Gasteiger partial charge in [-0.05, 0) is 51.0 Å². The number of sulfonamides is 1. The second kappa shape index (κ2) is 8.27. The maximum Gasteiger partial charge on any atom is 0.241 e. The molecule has 0 atom stereocenters. The summed E-state index contributed by atoms with van der Waals surface area (Å²) < 4.78 is 26.7. The summed E-state index contributed by atoms with van der Waals surface area (Å²) in [4.78, 5) is 12.5.